The minimum absolute atomic E-state index is 0.183. The van der Waals surface area contributed by atoms with E-state index in [-0.39, 0.29) is 12.7 Å². The number of β-amino-alcohol motifs (C(OH)–C–C–N with tert-alkyl or cyclic N) is 1. The predicted octanol–water partition coefficient (Wildman–Crippen LogP) is 4.99. The van der Waals surface area contributed by atoms with E-state index in [1.54, 1.807) is 6.07 Å². The Hall–Kier alpha value is -2.87. The van der Waals surface area contributed by atoms with Crippen LogP contribution in [0.4, 0.5) is 18.9 Å². The molecule has 1 fully saturated rings. The molecule has 7 heteroatoms. The van der Waals surface area contributed by atoms with E-state index < -0.39 is 17.8 Å². The van der Waals surface area contributed by atoms with Crippen LogP contribution in [0, 0.1) is 0 Å². The molecule has 0 amide bonds. The van der Waals surface area contributed by atoms with Crippen LogP contribution in [-0.4, -0.2) is 55.4 Å². The molecule has 34 heavy (non-hydrogen) atoms. The summed E-state index contributed by atoms with van der Waals surface area (Å²) >= 11 is 0. The van der Waals surface area contributed by atoms with Crippen LogP contribution in [0.25, 0.3) is 0 Å². The minimum atomic E-state index is -4.35. The Labute approximate surface area is 198 Å². The molecule has 1 aliphatic rings. The van der Waals surface area contributed by atoms with Crippen LogP contribution in [0.5, 0.6) is 0 Å². The number of rotatable bonds is 8. The maximum absolute atomic E-state index is 13.0. The number of aliphatic hydroxyl groups is 1. The van der Waals surface area contributed by atoms with Gasteiger partial charge >= 0.3 is 6.18 Å². The van der Waals surface area contributed by atoms with Crippen molar-refractivity contribution in [2.24, 2.45) is 0 Å². The monoisotopic (exact) mass is 470 g/mol. The fraction of sp³-hybridized carbons (Fsp3) is 0.333. The van der Waals surface area contributed by atoms with Crippen LogP contribution < -0.4 is 4.90 Å². The highest BCUT2D eigenvalue weighted by atomic mass is 19.4. The molecule has 180 valence electrons. The van der Waals surface area contributed by atoms with E-state index in [1.165, 1.54) is 12.1 Å². The van der Waals surface area contributed by atoms with Gasteiger partial charge in [-0.05, 0) is 29.3 Å². The molecular formula is C27H29F3N2O2. The van der Waals surface area contributed by atoms with Crippen molar-refractivity contribution in [3.63, 3.8) is 0 Å². The van der Waals surface area contributed by atoms with Crippen LogP contribution in [0.2, 0.25) is 0 Å². The quantitative estimate of drug-likeness (QED) is 0.503. The largest absolute Gasteiger partial charge is 0.416 e. The molecule has 0 spiro atoms. The first-order valence-corrected chi connectivity index (χ1v) is 11.4. The van der Waals surface area contributed by atoms with Gasteiger partial charge in [0.15, 0.2) is 0 Å². The zero-order valence-corrected chi connectivity index (χ0v) is 18.9. The second-order valence-electron chi connectivity index (χ2n) is 8.52. The van der Waals surface area contributed by atoms with Crippen molar-refractivity contribution in [1.82, 2.24) is 4.90 Å². The van der Waals surface area contributed by atoms with Crippen molar-refractivity contribution in [1.29, 1.82) is 0 Å². The zero-order chi connectivity index (χ0) is 24.0. The van der Waals surface area contributed by atoms with E-state index in [2.05, 4.69) is 4.90 Å². The molecule has 0 saturated carbocycles. The Morgan fingerprint density at radius 3 is 1.94 bits per heavy atom. The number of nitrogens with zero attached hydrogens (tertiary/aromatic N) is 2. The Morgan fingerprint density at radius 1 is 0.794 bits per heavy atom. The summed E-state index contributed by atoms with van der Waals surface area (Å²) in [5.41, 5.74) is 1.99. The number of benzene rings is 3. The highest BCUT2D eigenvalue weighted by molar-refractivity contribution is 5.49. The lowest BCUT2D eigenvalue weighted by atomic mass is 10.0. The molecule has 0 bridgehead atoms. The molecule has 4 nitrogen and oxygen atoms in total. The number of ether oxygens (including phenoxy) is 1. The second kappa shape index (κ2) is 11.0. The Bertz CT molecular complexity index is 983. The molecule has 1 saturated heterocycles. The topological polar surface area (TPSA) is 35.9 Å². The van der Waals surface area contributed by atoms with Gasteiger partial charge in [0.1, 0.15) is 6.10 Å². The first kappa shape index (κ1) is 24.3. The number of alkyl halides is 3. The van der Waals surface area contributed by atoms with Crippen molar-refractivity contribution in [3.05, 3.63) is 102 Å². The van der Waals surface area contributed by atoms with Gasteiger partial charge in [-0.25, -0.2) is 0 Å². The van der Waals surface area contributed by atoms with Gasteiger partial charge < -0.3 is 14.7 Å². The molecule has 0 radical (unpaired) electrons. The van der Waals surface area contributed by atoms with Gasteiger partial charge in [0.25, 0.3) is 0 Å². The first-order chi connectivity index (χ1) is 16.4. The molecule has 1 atom stereocenters. The predicted molar refractivity (Wildman–Crippen MR) is 127 cm³/mol. The normalized spacial score (nSPS) is 16.1. The fourth-order valence-corrected chi connectivity index (χ4v) is 4.27. The number of anilines is 1. The zero-order valence-electron chi connectivity index (χ0n) is 18.9. The fourth-order valence-electron chi connectivity index (χ4n) is 4.27. The lowest BCUT2D eigenvalue weighted by molar-refractivity contribution is -0.137. The van der Waals surface area contributed by atoms with Gasteiger partial charge in [-0.3, -0.25) is 4.90 Å². The molecule has 3 aromatic carbocycles. The van der Waals surface area contributed by atoms with Crippen LogP contribution in [0.15, 0.2) is 84.9 Å². The number of aliphatic hydroxyl groups excluding tert-OH is 1. The summed E-state index contributed by atoms with van der Waals surface area (Å²) < 4.78 is 45.2. The van der Waals surface area contributed by atoms with Crippen molar-refractivity contribution < 1.29 is 23.0 Å². The Balaban J connectivity index is 1.30. The Morgan fingerprint density at radius 2 is 1.38 bits per heavy atom. The third kappa shape index (κ3) is 6.38. The van der Waals surface area contributed by atoms with Crippen molar-refractivity contribution in [2.75, 3.05) is 44.2 Å². The van der Waals surface area contributed by atoms with E-state index in [1.807, 2.05) is 65.6 Å². The van der Waals surface area contributed by atoms with Gasteiger partial charge in [0, 0.05) is 38.4 Å². The lowest BCUT2D eigenvalue weighted by Crippen LogP contribution is -2.49. The summed E-state index contributed by atoms with van der Waals surface area (Å²) in [6, 6.07) is 25.3. The van der Waals surface area contributed by atoms with Crippen LogP contribution in [0.1, 0.15) is 22.8 Å². The average molecular weight is 471 g/mol. The SMILES string of the molecule is OC(COC(c1ccccc1)c1ccccc1)CN1CCN(c2cccc(C(F)(F)F)c2)CC1. The number of halogens is 3. The highest BCUT2D eigenvalue weighted by Gasteiger charge is 2.31. The van der Waals surface area contributed by atoms with Crippen molar-refractivity contribution in [3.8, 4) is 0 Å². The third-order valence-corrected chi connectivity index (χ3v) is 6.04. The van der Waals surface area contributed by atoms with Gasteiger partial charge in [0.2, 0.25) is 0 Å². The van der Waals surface area contributed by atoms with E-state index in [4.69, 9.17) is 4.74 Å². The number of hydrogen-bond donors (Lipinski definition) is 1. The number of piperazine rings is 1. The molecule has 1 N–H and O–H groups in total. The molecular weight excluding hydrogens is 441 g/mol. The standard InChI is InChI=1S/C27H29F3N2O2/c28-27(29,30)23-12-7-13-24(18-23)32-16-14-31(15-17-32)19-25(33)20-34-26(21-8-3-1-4-9-21)22-10-5-2-6-11-22/h1-13,18,25-26,33H,14-17,19-20H2. The van der Waals surface area contributed by atoms with Gasteiger partial charge in [-0.2, -0.15) is 13.2 Å². The smallest absolute Gasteiger partial charge is 0.389 e. The summed E-state index contributed by atoms with van der Waals surface area (Å²) in [4.78, 5) is 4.08. The molecule has 1 unspecified atom stereocenters. The van der Waals surface area contributed by atoms with Gasteiger partial charge in [-0.15, -0.1) is 0 Å². The summed E-state index contributed by atoms with van der Waals surface area (Å²) in [5.74, 6) is 0. The molecule has 3 aromatic rings. The minimum Gasteiger partial charge on any atom is -0.389 e. The van der Waals surface area contributed by atoms with E-state index >= 15 is 0 Å². The van der Waals surface area contributed by atoms with Crippen LogP contribution in [-0.2, 0) is 10.9 Å². The molecule has 0 aliphatic carbocycles. The molecule has 1 aliphatic heterocycles. The summed E-state index contributed by atoms with van der Waals surface area (Å²) in [7, 11) is 0. The summed E-state index contributed by atoms with van der Waals surface area (Å²) in [6.07, 6.45) is -5.29. The summed E-state index contributed by atoms with van der Waals surface area (Å²) in [6.45, 7) is 3.16. The Kier molecular flexibility index (Phi) is 7.88. The molecule has 1 heterocycles. The first-order valence-electron chi connectivity index (χ1n) is 11.4. The lowest BCUT2D eigenvalue weighted by Gasteiger charge is -2.37. The molecule has 0 aromatic heterocycles. The van der Waals surface area contributed by atoms with E-state index in [0.29, 0.717) is 38.4 Å². The average Bonchev–Trinajstić information content (AvgIpc) is 2.85. The van der Waals surface area contributed by atoms with Crippen molar-refractivity contribution >= 4 is 5.69 Å². The maximum atomic E-state index is 13.0. The molecule has 4 rings (SSSR count). The van der Waals surface area contributed by atoms with Crippen LogP contribution >= 0.6 is 0 Å². The van der Waals surface area contributed by atoms with E-state index in [9.17, 15) is 18.3 Å². The summed E-state index contributed by atoms with van der Waals surface area (Å²) in [5, 5.41) is 10.6. The van der Waals surface area contributed by atoms with Gasteiger partial charge in [0.05, 0.1) is 18.3 Å². The second-order valence-corrected chi connectivity index (χ2v) is 8.52. The van der Waals surface area contributed by atoms with E-state index in [0.717, 1.165) is 17.2 Å². The maximum Gasteiger partial charge on any atom is 0.416 e. The van der Waals surface area contributed by atoms with Gasteiger partial charge in [-0.1, -0.05) is 66.7 Å². The van der Waals surface area contributed by atoms with Crippen LogP contribution in [0.3, 0.4) is 0 Å². The van der Waals surface area contributed by atoms with Crippen molar-refractivity contribution in [2.45, 2.75) is 18.4 Å². The highest BCUT2D eigenvalue weighted by Crippen LogP contribution is 2.32. The third-order valence-electron chi connectivity index (χ3n) is 6.04. The number of hydrogen-bond acceptors (Lipinski definition) is 4.